The minimum atomic E-state index is -0.993. The van der Waals surface area contributed by atoms with Crippen LogP contribution in [0.15, 0.2) is 43.0 Å². The second-order valence-electron chi connectivity index (χ2n) is 6.06. The maximum Gasteiger partial charge on any atom is 0.217 e. The van der Waals surface area contributed by atoms with E-state index in [-0.39, 0.29) is 19.1 Å². The third-order valence-electron chi connectivity index (χ3n) is 4.19. The van der Waals surface area contributed by atoms with Gasteiger partial charge in [-0.05, 0) is 0 Å². The summed E-state index contributed by atoms with van der Waals surface area (Å²) in [4.78, 5) is 11.5. The topological polar surface area (TPSA) is 86.2 Å². The van der Waals surface area contributed by atoms with E-state index in [1.165, 1.54) is 6.92 Å². The van der Waals surface area contributed by atoms with Crippen LogP contribution in [-0.4, -0.2) is 54.9 Å². The van der Waals surface area contributed by atoms with E-state index in [9.17, 15) is 9.90 Å². The number of aliphatic hydroxyl groups excluding tert-OH is 1. The van der Waals surface area contributed by atoms with Crippen molar-refractivity contribution in [3.8, 4) is 0 Å². The second kappa shape index (κ2) is 8.07. The number of benzene rings is 1. The Balaban J connectivity index is 1.75. The Kier molecular flexibility index (Phi) is 5.82. The molecule has 2 heterocycles. The molecule has 3 rings (SSSR count). The van der Waals surface area contributed by atoms with E-state index < -0.39 is 36.9 Å². The molecule has 2 saturated heterocycles. The molecule has 25 heavy (non-hydrogen) atoms. The van der Waals surface area contributed by atoms with Crippen LogP contribution in [0.2, 0.25) is 0 Å². The molecule has 0 saturated carbocycles. The summed E-state index contributed by atoms with van der Waals surface area (Å²) in [6.07, 6.45) is -1.95. The lowest BCUT2D eigenvalue weighted by Gasteiger charge is -2.47. The number of fused-ring (bicyclic) bond motifs is 1. The number of carbonyl (C=O) groups is 1. The molecule has 1 aromatic carbocycles. The van der Waals surface area contributed by atoms with Crippen molar-refractivity contribution in [1.29, 1.82) is 0 Å². The maximum atomic E-state index is 11.5. The third-order valence-corrected chi connectivity index (χ3v) is 4.19. The number of hydrogen-bond donors (Lipinski definition) is 2. The van der Waals surface area contributed by atoms with E-state index in [4.69, 9.17) is 18.9 Å². The van der Waals surface area contributed by atoms with Crippen LogP contribution in [0.1, 0.15) is 18.8 Å². The smallest absolute Gasteiger partial charge is 0.217 e. The van der Waals surface area contributed by atoms with E-state index in [0.29, 0.717) is 0 Å². The molecule has 6 atom stereocenters. The zero-order valence-electron chi connectivity index (χ0n) is 14.0. The van der Waals surface area contributed by atoms with Crippen LogP contribution in [0.25, 0.3) is 0 Å². The van der Waals surface area contributed by atoms with Crippen molar-refractivity contribution < 1.29 is 28.8 Å². The summed E-state index contributed by atoms with van der Waals surface area (Å²) in [7, 11) is 0. The van der Waals surface area contributed by atoms with Crippen molar-refractivity contribution in [1.82, 2.24) is 5.32 Å². The first kappa shape index (κ1) is 18.0. The minimum Gasteiger partial charge on any atom is -0.388 e. The lowest BCUT2D eigenvalue weighted by Crippen LogP contribution is -2.66. The van der Waals surface area contributed by atoms with Crippen molar-refractivity contribution in [2.75, 3.05) is 13.2 Å². The van der Waals surface area contributed by atoms with E-state index >= 15 is 0 Å². The van der Waals surface area contributed by atoms with Crippen molar-refractivity contribution in [3.05, 3.63) is 48.6 Å². The normalized spacial score (nSPS) is 34.8. The molecule has 136 valence electrons. The van der Waals surface area contributed by atoms with Gasteiger partial charge in [-0.2, -0.15) is 0 Å². The fourth-order valence-corrected chi connectivity index (χ4v) is 3.07. The Morgan fingerprint density at radius 3 is 2.84 bits per heavy atom. The highest BCUT2D eigenvalue weighted by atomic mass is 16.7. The van der Waals surface area contributed by atoms with Crippen LogP contribution in [0.5, 0.6) is 0 Å². The zero-order chi connectivity index (χ0) is 17.8. The number of aliphatic hydroxyl groups is 1. The van der Waals surface area contributed by atoms with Crippen LogP contribution >= 0.6 is 0 Å². The van der Waals surface area contributed by atoms with Gasteiger partial charge in [0.2, 0.25) is 5.91 Å². The van der Waals surface area contributed by atoms with Crippen molar-refractivity contribution >= 4 is 5.91 Å². The summed E-state index contributed by atoms with van der Waals surface area (Å²) >= 11 is 0. The van der Waals surface area contributed by atoms with Gasteiger partial charge < -0.3 is 29.4 Å². The summed E-state index contributed by atoms with van der Waals surface area (Å²) < 4.78 is 23.1. The fourth-order valence-electron chi connectivity index (χ4n) is 3.07. The van der Waals surface area contributed by atoms with Crippen molar-refractivity contribution in [2.24, 2.45) is 0 Å². The van der Waals surface area contributed by atoms with Gasteiger partial charge in [-0.3, -0.25) is 4.79 Å². The first-order chi connectivity index (χ1) is 12.1. The molecule has 2 fully saturated rings. The summed E-state index contributed by atoms with van der Waals surface area (Å²) in [5.41, 5.74) is 0.856. The van der Waals surface area contributed by atoms with Gasteiger partial charge in [0.25, 0.3) is 0 Å². The van der Waals surface area contributed by atoms with Crippen LogP contribution in [-0.2, 0) is 23.7 Å². The molecule has 0 aliphatic carbocycles. The van der Waals surface area contributed by atoms with Crippen LogP contribution in [0.4, 0.5) is 0 Å². The lowest BCUT2D eigenvalue weighted by molar-refractivity contribution is -0.343. The van der Waals surface area contributed by atoms with Gasteiger partial charge in [0.05, 0.1) is 13.2 Å². The van der Waals surface area contributed by atoms with Gasteiger partial charge in [-0.15, -0.1) is 6.58 Å². The van der Waals surface area contributed by atoms with Crippen LogP contribution < -0.4 is 5.32 Å². The summed E-state index contributed by atoms with van der Waals surface area (Å²) in [5.74, 6) is -0.287. The Labute approximate surface area is 146 Å². The first-order valence-corrected chi connectivity index (χ1v) is 8.25. The Bertz CT molecular complexity index is 594. The Hall–Kier alpha value is -1.77. The van der Waals surface area contributed by atoms with E-state index in [2.05, 4.69) is 11.9 Å². The highest BCUT2D eigenvalue weighted by Crippen LogP contribution is 2.34. The molecule has 2 aliphatic rings. The molecule has 0 radical (unpaired) electrons. The number of amides is 1. The minimum absolute atomic E-state index is 0.235. The largest absolute Gasteiger partial charge is 0.388 e. The highest BCUT2D eigenvalue weighted by Gasteiger charge is 2.50. The zero-order valence-corrected chi connectivity index (χ0v) is 14.0. The summed E-state index contributed by atoms with van der Waals surface area (Å²) in [6.45, 7) is 5.46. The van der Waals surface area contributed by atoms with Gasteiger partial charge in [0.15, 0.2) is 12.6 Å². The average Bonchev–Trinajstić information content (AvgIpc) is 2.63. The van der Waals surface area contributed by atoms with Gasteiger partial charge in [0, 0.05) is 12.5 Å². The lowest BCUT2D eigenvalue weighted by atomic mass is 9.95. The van der Waals surface area contributed by atoms with E-state index in [1.807, 2.05) is 30.3 Å². The molecule has 3 unspecified atom stereocenters. The van der Waals surface area contributed by atoms with Gasteiger partial charge in [0.1, 0.15) is 24.4 Å². The SMILES string of the molecule is C=CCO[C@@H]1OC2COC(c3ccccc3)O[C@H]2C(O)[C@@H]1NC(C)=O. The molecule has 2 aliphatic heterocycles. The third kappa shape index (κ3) is 4.08. The van der Waals surface area contributed by atoms with Gasteiger partial charge in [-0.25, -0.2) is 0 Å². The Morgan fingerprint density at radius 1 is 1.40 bits per heavy atom. The molecule has 7 nitrogen and oxygen atoms in total. The number of ether oxygens (including phenoxy) is 4. The molecular formula is C18H23NO6. The number of nitrogens with one attached hydrogen (secondary N) is 1. The standard InChI is InChI=1S/C18H23NO6/c1-3-9-22-18-14(19-11(2)20)15(21)16-13(24-18)10-23-17(25-16)12-7-5-4-6-8-12/h3-8,13-18,21H,1,9-10H2,2H3,(H,19,20)/t13?,14-,15?,16+,17?,18+/m0/s1. The molecule has 0 spiro atoms. The van der Waals surface area contributed by atoms with E-state index in [1.54, 1.807) is 6.08 Å². The molecule has 7 heteroatoms. The highest BCUT2D eigenvalue weighted by molar-refractivity contribution is 5.73. The molecular weight excluding hydrogens is 326 g/mol. The predicted molar refractivity (Wildman–Crippen MR) is 88.4 cm³/mol. The predicted octanol–water partition coefficient (Wildman–Crippen LogP) is 0.894. The van der Waals surface area contributed by atoms with Gasteiger partial charge >= 0.3 is 0 Å². The summed E-state index contributed by atoms with van der Waals surface area (Å²) in [6, 6.07) is 8.73. The number of carbonyl (C=O) groups excluding carboxylic acids is 1. The number of hydrogen-bond acceptors (Lipinski definition) is 6. The summed E-state index contributed by atoms with van der Waals surface area (Å²) in [5, 5.41) is 13.5. The van der Waals surface area contributed by atoms with Crippen LogP contribution in [0.3, 0.4) is 0 Å². The van der Waals surface area contributed by atoms with Crippen molar-refractivity contribution in [2.45, 2.75) is 43.9 Å². The first-order valence-electron chi connectivity index (χ1n) is 8.25. The monoisotopic (exact) mass is 349 g/mol. The molecule has 1 aromatic rings. The molecule has 0 bridgehead atoms. The van der Waals surface area contributed by atoms with Crippen LogP contribution in [0, 0.1) is 0 Å². The quantitative estimate of drug-likeness (QED) is 0.768. The number of rotatable bonds is 5. The average molecular weight is 349 g/mol. The van der Waals surface area contributed by atoms with E-state index in [0.717, 1.165) is 5.56 Å². The Morgan fingerprint density at radius 2 is 2.16 bits per heavy atom. The maximum absolute atomic E-state index is 11.5. The molecule has 2 N–H and O–H groups in total. The van der Waals surface area contributed by atoms with Gasteiger partial charge in [-0.1, -0.05) is 36.4 Å². The second-order valence-corrected chi connectivity index (χ2v) is 6.06. The fraction of sp³-hybridized carbons (Fsp3) is 0.500. The van der Waals surface area contributed by atoms with Crippen molar-refractivity contribution in [3.63, 3.8) is 0 Å². The molecule has 1 amide bonds. The molecule has 0 aromatic heterocycles.